The minimum absolute atomic E-state index is 0.240. The second-order valence-corrected chi connectivity index (χ2v) is 6.12. The van der Waals surface area contributed by atoms with E-state index in [-0.39, 0.29) is 11.0 Å². The number of aliphatic hydroxyl groups is 1. The van der Waals surface area contributed by atoms with Crippen LogP contribution in [0.2, 0.25) is 0 Å². The van der Waals surface area contributed by atoms with E-state index in [2.05, 4.69) is 20.8 Å². The van der Waals surface area contributed by atoms with Crippen LogP contribution in [0.3, 0.4) is 0 Å². The lowest BCUT2D eigenvalue weighted by atomic mass is 9.57. The lowest BCUT2D eigenvalue weighted by Crippen LogP contribution is -2.50. The third kappa shape index (κ3) is 3.24. The van der Waals surface area contributed by atoms with Gasteiger partial charge in [0, 0.05) is 0 Å². The molecule has 0 aromatic rings. The summed E-state index contributed by atoms with van der Waals surface area (Å²) in [6.07, 6.45) is 13.2. The Balaban J connectivity index is 2.85. The SMILES string of the molecule is CCCCC1(O)CCCCC1(CCC)CCC. The van der Waals surface area contributed by atoms with Crippen LogP contribution >= 0.6 is 0 Å². The van der Waals surface area contributed by atoms with E-state index in [1.807, 2.05) is 0 Å². The number of hydrogen-bond donors (Lipinski definition) is 1. The molecular weight excluding hydrogens is 208 g/mol. The molecule has 1 aliphatic carbocycles. The summed E-state index contributed by atoms with van der Waals surface area (Å²) >= 11 is 0. The number of unbranched alkanes of at least 4 members (excludes halogenated alkanes) is 1. The molecule has 0 amide bonds. The maximum Gasteiger partial charge on any atom is 0.0703 e. The summed E-state index contributed by atoms with van der Waals surface area (Å²) in [6.45, 7) is 6.77. The van der Waals surface area contributed by atoms with Crippen LogP contribution in [0.4, 0.5) is 0 Å². The fraction of sp³-hybridized carbons (Fsp3) is 1.00. The predicted molar refractivity (Wildman–Crippen MR) is 75.2 cm³/mol. The van der Waals surface area contributed by atoms with E-state index in [1.165, 1.54) is 57.8 Å². The molecule has 1 saturated carbocycles. The van der Waals surface area contributed by atoms with Crippen LogP contribution in [0.15, 0.2) is 0 Å². The van der Waals surface area contributed by atoms with Crippen molar-refractivity contribution in [1.82, 2.24) is 0 Å². The van der Waals surface area contributed by atoms with Gasteiger partial charge in [-0.05, 0) is 37.5 Å². The Morgan fingerprint density at radius 3 is 1.94 bits per heavy atom. The van der Waals surface area contributed by atoms with Gasteiger partial charge in [0.15, 0.2) is 0 Å². The molecule has 17 heavy (non-hydrogen) atoms. The Bertz CT molecular complexity index is 200. The van der Waals surface area contributed by atoms with Gasteiger partial charge in [0.25, 0.3) is 0 Å². The smallest absolute Gasteiger partial charge is 0.0703 e. The van der Waals surface area contributed by atoms with Gasteiger partial charge in [-0.15, -0.1) is 0 Å². The van der Waals surface area contributed by atoms with Gasteiger partial charge in [0.1, 0.15) is 0 Å². The average Bonchev–Trinajstić information content (AvgIpc) is 2.31. The first-order valence-electron chi connectivity index (χ1n) is 7.86. The molecule has 1 nitrogen and oxygen atoms in total. The molecule has 1 heteroatoms. The van der Waals surface area contributed by atoms with Crippen LogP contribution in [-0.4, -0.2) is 10.7 Å². The molecule has 0 aromatic carbocycles. The van der Waals surface area contributed by atoms with Crippen molar-refractivity contribution in [3.8, 4) is 0 Å². The standard InChI is InChI=1S/C16H32O/c1-4-7-13-16(17)14-9-8-12-15(16,10-5-2)11-6-3/h17H,4-14H2,1-3H3. The van der Waals surface area contributed by atoms with Gasteiger partial charge in [-0.25, -0.2) is 0 Å². The Hall–Kier alpha value is -0.0400. The minimum Gasteiger partial charge on any atom is -0.389 e. The zero-order valence-corrected chi connectivity index (χ0v) is 12.2. The van der Waals surface area contributed by atoms with Crippen molar-refractivity contribution < 1.29 is 5.11 Å². The highest BCUT2D eigenvalue weighted by molar-refractivity contribution is 5.00. The molecule has 0 spiro atoms. The lowest BCUT2D eigenvalue weighted by molar-refractivity contribution is -0.130. The van der Waals surface area contributed by atoms with Crippen molar-refractivity contribution in [3.05, 3.63) is 0 Å². The first-order valence-corrected chi connectivity index (χ1v) is 7.86. The molecule has 1 rings (SSSR count). The summed E-state index contributed by atoms with van der Waals surface area (Å²) in [5.74, 6) is 0. The first kappa shape index (κ1) is 15.0. The Morgan fingerprint density at radius 2 is 1.41 bits per heavy atom. The van der Waals surface area contributed by atoms with Crippen molar-refractivity contribution in [2.24, 2.45) is 5.41 Å². The van der Waals surface area contributed by atoms with E-state index < -0.39 is 0 Å². The first-order chi connectivity index (χ1) is 8.14. The molecule has 1 unspecified atom stereocenters. The summed E-state index contributed by atoms with van der Waals surface area (Å²) in [6, 6.07) is 0. The third-order valence-electron chi connectivity index (χ3n) is 4.88. The van der Waals surface area contributed by atoms with Crippen LogP contribution in [0.1, 0.15) is 91.4 Å². The molecule has 0 saturated heterocycles. The third-order valence-corrected chi connectivity index (χ3v) is 4.88. The summed E-state index contributed by atoms with van der Waals surface area (Å²) in [4.78, 5) is 0. The molecular formula is C16H32O. The van der Waals surface area contributed by atoms with Gasteiger partial charge in [0.2, 0.25) is 0 Å². The highest BCUT2D eigenvalue weighted by Crippen LogP contribution is 2.52. The van der Waals surface area contributed by atoms with Gasteiger partial charge >= 0.3 is 0 Å². The second kappa shape index (κ2) is 6.78. The molecule has 1 aliphatic rings. The predicted octanol–water partition coefficient (Wildman–Crippen LogP) is 5.07. The highest BCUT2D eigenvalue weighted by atomic mass is 16.3. The lowest BCUT2D eigenvalue weighted by Gasteiger charge is -2.51. The van der Waals surface area contributed by atoms with Crippen LogP contribution < -0.4 is 0 Å². The maximum atomic E-state index is 11.2. The Kier molecular flexibility index (Phi) is 5.99. The summed E-state index contributed by atoms with van der Waals surface area (Å²) in [5.41, 5.74) is -0.114. The van der Waals surface area contributed by atoms with Crippen LogP contribution in [0.25, 0.3) is 0 Å². The maximum absolute atomic E-state index is 11.2. The van der Waals surface area contributed by atoms with E-state index in [4.69, 9.17) is 0 Å². The zero-order valence-electron chi connectivity index (χ0n) is 12.2. The van der Waals surface area contributed by atoms with Crippen molar-refractivity contribution in [2.75, 3.05) is 0 Å². The number of rotatable bonds is 7. The van der Waals surface area contributed by atoms with E-state index in [0.29, 0.717) is 0 Å². The summed E-state index contributed by atoms with van der Waals surface area (Å²) < 4.78 is 0. The average molecular weight is 240 g/mol. The van der Waals surface area contributed by atoms with Crippen LogP contribution in [0.5, 0.6) is 0 Å². The van der Waals surface area contributed by atoms with Gasteiger partial charge in [0.05, 0.1) is 5.60 Å². The van der Waals surface area contributed by atoms with E-state index in [1.54, 1.807) is 0 Å². The normalized spacial score (nSPS) is 28.2. The summed E-state index contributed by atoms with van der Waals surface area (Å²) in [7, 11) is 0. The molecule has 1 atom stereocenters. The highest BCUT2D eigenvalue weighted by Gasteiger charge is 2.49. The fourth-order valence-electron chi connectivity index (χ4n) is 4.04. The van der Waals surface area contributed by atoms with Crippen molar-refractivity contribution in [1.29, 1.82) is 0 Å². The minimum atomic E-state index is -0.354. The molecule has 102 valence electrons. The zero-order chi connectivity index (χ0) is 12.8. The quantitative estimate of drug-likeness (QED) is 0.659. The molecule has 0 heterocycles. The van der Waals surface area contributed by atoms with Crippen molar-refractivity contribution >= 4 is 0 Å². The van der Waals surface area contributed by atoms with Crippen LogP contribution in [0, 0.1) is 5.41 Å². The Morgan fingerprint density at radius 1 is 0.824 bits per heavy atom. The Labute approximate surface area is 108 Å². The fourth-order valence-corrected chi connectivity index (χ4v) is 4.04. The van der Waals surface area contributed by atoms with Gasteiger partial charge < -0.3 is 5.11 Å². The monoisotopic (exact) mass is 240 g/mol. The topological polar surface area (TPSA) is 20.2 Å². The van der Waals surface area contributed by atoms with Gasteiger partial charge in [-0.3, -0.25) is 0 Å². The van der Waals surface area contributed by atoms with Crippen molar-refractivity contribution in [3.63, 3.8) is 0 Å². The molecule has 1 fully saturated rings. The van der Waals surface area contributed by atoms with Gasteiger partial charge in [-0.1, -0.05) is 59.3 Å². The second-order valence-electron chi connectivity index (χ2n) is 6.12. The van der Waals surface area contributed by atoms with E-state index in [9.17, 15) is 5.11 Å². The van der Waals surface area contributed by atoms with Gasteiger partial charge in [-0.2, -0.15) is 0 Å². The van der Waals surface area contributed by atoms with E-state index >= 15 is 0 Å². The number of hydrogen-bond acceptors (Lipinski definition) is 1. The molecule has 0 bridgehead atoms. The molecule has 0 radical (unpaired) electrons. The molecule has 0 aliphatic heterocycles. The largest absolute Gasteiger partial charge is 0.389 e. The molecule has 0 aromatic heterocycles. The molecule has 1 N–H and O–H groups in total. The van der Waals surface area contributed by atoms with Crippen molar-refractivity contribution in [2.45, 2.75) is 97.0 Å². The van der Waals surface area contributed by atoms with Crippen LogP contribution in [-0.2, 0) is 0 Å². The van der Waals surface area contributed by atoms with E-state index in [0.717, 1.165) is 12.8 Å². The summed E-state index contributed by atoms with van der Waals surface area (Å²) in [5, 5.41) is 11.2.